The van der Waals surface area contributed by atoms with Crippen molar-refractivity contribution >= 4 is 11.8 Å². The van der Waals surface area contributed by atoms with Gasteiger partial charge in [0.25, 0.3) is 5.91 Å². The topological polar surface area (TPSA) is 88.3 Å². The Hall–Kier alpha value is -3.48. The summed E-state index contributed by atoms with van der Waals surface area (Å²) < 4.78 is 5.48. The first-order chi connectivity index (χ1) is 15.1. The molecule has 0 bridgehead atoms. The average Bonchev–Trinajstić information content (AvgIpc) is 3.26. The maximum Gasteiger partial charge on any atom is 0.251 e. The molecule has 1 aliphatic rings. The molecule has 0 saturated carbocycles. The number of aromatic nitrogens is 2. The SMILES string of the molecule is Cc1ccccc1-c1noc(C[C@@H]2CCCN(C(=O)CNC(=O)c3ccccc3)C2)n1. The fraction of sp³-hybridized carbons (Fsp3) is 0.333. The minimum Gasteiger partial charge on any atom is -0.343 e. The molecule has 4 rings (SSSR count). The van der Waals surface area contributed by atoms with E-state index in [-0.39, 0.29) is 24.3 Å². The number of hydrogen-bond donors (Lipinski definition) is 1. The number of likely N-dealkylation sites (tertiary alicyclic amines) is 1. The van der Waals surface area contributed by atoms with Crippen molar-refractivity contribution in [1.29, 1.82) is 0 Å². The number of carbonyl (C=O) groups excluding carboxylic acids is 2. The van der Waals surface area contributed by atoms with Crippen molar-refractivity contribution in [2.24, 2.45) is 5.92 Å². The number of piperidine rings is 1. The number of hydrogen-bond acceptors (Lipinski definition) is 5. The van der Waals surface area contributed by atoms with Gasteiger partial charge in [-0.2, -0.15) is 4.98 Å². The van der Waals surface area contributed by atoms with Gasteiger partial charge in [0.05, 0.1) is 6.54 Å². The van der Waals surface area contributed by atoms with E-state index >= 15 is 0 Å². The molecule has 1 aromatic heterocycles. The molecule has 3 aromatic rings. The minimum atomic E-state index is -0.239. The molecule has 7 heteroatoms. The number of rotatable bonds is 6. The van der Waals surface area contributed by atoms with Crippen molar-refractivity contribution in [2.75, 3.05) is 19.6 Å². The largest absolute Gasteiger partial charge is 0.343 e. The summed E-state index contributed by atoms with van der Waals surface area (Å²) in [5, 5.41) is 6.85. The summed E-state index contributed by atoms with van der Waals surface area (Å²) in [6.07, 6.45) is 2.56. The summed E-state index contributed by atoms with van der Waals surface area (Å²) in [5.41, 5.74) is 2.61. The Morgan fingerprint density at radius 1 is 1.13 bits per heavy atom. The van der Waals surface area contributed by atoms with Crippen LogP contribution in [0, 0.1) is 12.8 Å². The van der Waals surface area contributed by atoms with E-state index < -0.39 is 0 Å². The molecule has 1 saturated heterocycles. The molecule has 0 radical (unpaired) electrons. The molecule has 2 amide bonds. The summed E-state index contributed by atoms with van der Waals surface area (Å²) in [5.74, 6) is 1.14. The Kier molecular flexibility index (Phi) is 6.40. The fourth-order valence-corrected chi connectivity index (χ4v) is 3.94. The highest BCUT2D eigenvalue weighted by Gasteiger charge is 2.26. The van der Waals surface area contributed by atoms with Crippen LogP contribution in [0.1, 0.15) is 34.7 Å². The van der Waals surface area contributed by atoms with E-state index in [0.29, 0.717) is 36.8 Å². The van der Waals surface area contributed by atoms with Crippen LogP contribution < -0.4 is 5.32 Å². The fourth-order valence-electron chi connectivity index (χ4n) is 3.94. The van der Waals surface area contributed by atoms with Crippen LogP contribution in [-0.2, 0) is 11.2 Å². The Morgan fingerprint density at radius 3 is 2.71 bits per heavy atom. The van der Waals surface area contributed by atoms with Gasteiger partial charge in [-0.25, -0.2) is 0 Å². The zero-order valence-corrected chi connectivity index (χ0v) is 17.6. The van der Waals surface area contributed by atoms with Crippen molar-refractivity contribution < 1.29 is 14.1 Å². The van der Waals surface area contributed by atoms with Gasteiger partial charge in [0.1, 0.15) is 0 Å². The van der Waals surface area contributed by atoms with E-state index in [1.54, 1.807) is 24.3 Å². The zero-order chi connectivity index (χ0) is 21.6. The number of amides is 2. The third kappa shape index (κ3) is 5.17. The number of nitrogens with one attached hydrogen (secondary N) is 1. The first kappa shape index (κ1) is 20.8. The van der Waals surface area contributed by atoms with E-state index in [1.807, 2.05) is 42.2 Å². The third-order valence-electron chi connectivity index (χ3n) is 5.63. The van der Waals surface area contributed by atoms with Crippen molar-refractivity contribution in [3.63, 3.8) is 0 Å². The van der Waals surface area contributed by atoms with Gasteiger partial charge in [-0.1, -0.05) is 47.6 Å². The number of aryl methyl sites for hydroxylation is 1. The molecule has 1 aliphatic heterocycles. The van der Waals surface area contributed by atoms with Crippen molar-refractivity contribution in [3.05, 3.63) is 71.6 Å². The highest BCUT2D eigenvalue weighted by atomic mass is 16.5. The molecule has 7 nitrogen and oxygen atoms in total. The molecule has 2 aromatic carbocycles. The van der Waals surface area contributed by atoms with Gasteiger partial charge in [0.15, 0.2) is 0 Å². The van der Waals surface area contributed by atoms with Gasteiger partial charge in [-0.3, -0.25) is 9.59 Å². The molecule has 31 heavy (non-hydrogen) atoms. The molecule has 1 N–H and O–H groups in total. The van der Waals surface area contributed by atoms with Gasteiger partial charge in [0, 0.05) is 30.6 Å². The zero-order valence-electron chi connectivity index (χ0n) is 17.6. The Balaban J connectivity index is 1.31. The van der Waals surface area contributed by atoms with Crippen LogP contribution in [0.2, 0.25) is 0 Å². The van der Waals surface area contributed by atoms with Gasteiger partial charge in [-0.05, 0) is 43.4 Å². The maximum absolute atomic E-state index is 12.6. The van der Waals surface area contributed by atoms with Crippen molar-refractivity contribution in [3.8, 4) is 11.4 Å². The van der Waals surface area contributed by atoms with Gasteiger partial charge in [-0.15, -0.1) is 0 Å². The maximum atomic E-state index is 12.6. The summed E-state index contributed by atoms with van der Waals surface area (Å²) in [6, 6.07) is 16.8. The molecule has 1 atom stereocenters. The van der Waals surface area contributed by atoms with Gasteiger partial charge >= 0.3 is 0 Å². The lowest BCUT2D eigenvalue weighted by Gasteiger charge is -2.32. The van der Waals surface area contributed by atoms with Crippen LogP contribution >= 0.6 is 0 Å². The Labute approximate surface area is 181 Å². The second-order valence-corrected chi connectivity index (χ2v) is 7.93. The van der Waals surface area contributed by atoms with E-state index in [2.05, 4.69) is 15.5 Å². The highest BCUT2D eigenvalue weighted by molar-refractivity contribution is 5.96. The molecule has 1 fully saturated rings. The van der Waals surface area contributed by atoms with E-state index in [4.69, 9.17) is 4.52 Å². The van der Waals surface area contributed by atoms with Crippen LogP contribution in [0.5, 0.6) is 0 Å². The van der Waals surface area contributed by atoms with Crippen LogP contribution in [0.3, 0.4) is 0 Å². The summed E-state index contributed by atoms with van der Waals surface area (Å²) in [4.78, 5) is 31.2. The predicted molar refractivity (Wildman–Crippen MR) is 116 cm³/mol. The first-order valence-electron chi connectivity index (χ1n) is 10.6. The van der Waals surface area contributed by atoms with Crippen LogP contribution in [0.15, 0.2) is 59.1 Å². The number of nitrogens with zero attached hydrogens (tertiary/aromatic N) is 3. The van der Waals surface area contributed by atoms with Gasteiger partial charge < -0.3 is 14.7 Å². The molecule has 0 spiro atoms. The van der Waals surface area contributed by atoms with Crippen LogP contribution in [0.25, 0.3) is 11.4 Å². The molecule has 160 valence electrons. The summed E-state index contributed by atoms with van der Waals surface area (Å²) in [6.45, 7) is 3.35. The molecule has 2 heterocycles. The lowest BCUT2D eigenvalue weighted by molar-refractivity contribution is -0.131. The number of benzene rings is 2. The average molecular weight is 418 g/mol. The van der Waals surface area contributed by atoms with Crippen molar-refractivity contribution in [1.82, 2.24) is 20.4 Å². The summed E-state index contributed by atoms with van der Waals surface area (Å²) in [7, 11) is 0. The smallest absolute Gasteiger partial charge is 0.251 e. The minimum absolute atomic E-state index is 0.00155. The summed E-state index contributed by atoms with van der Waals surface area (Å²) >= 11 is 0. The predicted octanol–water partition coefficient (Wildman–Crippen LogP) is 3.26. The third-order valence-corrected chi connectivity index (χ3v) is 5.63. The standard InChI is InChI=1S/C24H26N4O3/c1-17-8-5-6-12-20(17)23-26-21(31-27-23)14-18-9-7-13-28(16-18)22(29)15-25-24(30)19-10-3-2-4-11-19/h2-6,8,10-12,18H,7,9,13-16H2,1H3,(H,25,30)/t18-/m0/s1. The lowest BCUT2D eigenvalue weighted by Crippen LogP contribution is -2.45. The normalized spacial score (nSPS) is 16.2. The second-order valence-electron chi connectivity index (χ2n) is 7.93. The molecule has 0 aliphatic carbocycles. The lowest BCUT2D eigenvalue weighted by atomic mass is 9.94. The van der Waals surface area contributed by atoms with E-state index in [1.165, 1.54) is 0 Å². The van der Waals surface area contributed by atoms with Crippen LogP contribution in [-0.4, -0.2) is 46.5 Å². The number of carbonyl (C=O) groups is 2. The van der Waals surface area contributed by atoms with E-state index in [9.17, 15) is 9.59 Å². The Morgan fingerprint density at radius 2 is 1.90 bits per heavy atom. The first-order valence-corrected chi connectivity index (χ1v) is 10.6. The van der Waals surface area contributed by atoms with Crippen molar-refractivity contribution in [2.45, 2.75) is 26.2 Å². The molecule has 0 unspecified atom stereocenters. The monoisotopic (exact) mass is 418 g/mol. The second kappa shape index (κ2) is 9.55. The highest BCUT2D eigenvalue weighted by Crippen LogP contribution is 2.23. The molecular formula is C24H26N4O3. The quantitative estimate of drug-likeness (QED) is 0.664. The molecular weight excluding hydrogens is 392 g/mol. The van der Waals surface area contributed by atoms with E-state index in [0.717, 1.165) is 24.0 Å². The van der Waals surface area contributed by atoms with Crippen LogP contribution in [0.4, 0.5) is 0 Å². The van der Waals surface area contributed by atoms with Gasteiger partial charge in [0.2, 0.25) is 17.6 Å². The Bertz CT molecular complexity index is 1050.